The molecule has 1 aliphatic heterocycles. The van der Waals surface area contributed by atoms with Crippen LogP contribution in [-0.2, 0) is 15.9 Å². The molecule has 0 saturated carbocycles. The van der Waals surface area contributed by atoms with Gasteiger partial charge in [0.15, 0.2) is 5.15 Å². The zero-order chi connectivity index (χ0) is 32.0. The number of nitrogens with one attached hydrogen (secondary N) is 2. The average molecular weight is 667 g/mol. The number of ether oxygens (including phenoxy) is 3. The Labute approximate surface area is 272 Å². The Kier molecular flexibility index (Phi) is 9.68. The summed E-state index contributed by atoms with van der Waals surface area (Å²) in [4.78, 5) is 37.7. The van der Waals surface area contributed by atoms with Crippen LogP contribution in [-0.4, -0.2) is 78.8 Å². The smallest absolute Gasteiger partial charge is 0.391 e. The van der Waals surface area contributed by atoms with E-state index in [2.05, 4.69) is 35.8 Å². The Morgan fingerprint density at radius 2 is 1.96 bits per heavy atom. The first-order valence-electron chi connectivity index (χ1n) is 14.5. The highest BCUT2D eigenvalue weighted by molar-refractivity contribution is 6.32. The lowest BCUT2D eigenvalue weighted by Gasteiger charge is -2.15. The molecule has 46 heavy (non-hydrogen) atoms. The molecule has 0 saturated heterocycles. The number of imidazole rings is 1. The van der Waals surface area contributed by atoms with Gasteiger partial charge in [0.25, 0.3) is 5.56 Å². The summed E-state index contributed by atoms with van der Waals surface area (Å²) in [6.45, 7) is 4.11. The van der Waals surface area contributed by atoms with Gasteiger partial charge in [0.1, 0.15) is 12.2 Å². The van der Waals surface area contributed by atoms with Gasteiger partial charge in [-0.05, 0) is 66.1 Å². The zero-order valence-corrected chi connectivity index (χ0v) is 26.2. The summed E-state index contributed by atoms with van der Waals surface area (Å²) < 4.78 is 19.0. The Hall–Kier alpha value is -4.63. The van der Waals surface area contributed by atoms with Crippen molar-refractivity contribution in [3.05, 3.63) is 87.0 Å². The number of halogens is 2. The third-order valence-corrected chi connectivity index (χ3v) is 7.82. The van der Waals surface area contributed by atoms with Crippen molar-refractivity contribution in [2.75, 3.05) is 33.0 Å². The van der Waals surface area contributed by atoms with Crippen molar-refractivity contribution >= 4 is 29.3 Å². The highest BCUT2D eigenvalue weighted by Gasteiger charge is 2.29. The molecule has 0 aliphatic carbocycles. The first-order chi connectivity index (χ1) is 22.4. The summed E-state index contributed by atoms with van der Waals surface area (Å²) >= 11 is 12.9. The van der Waals surface area contributed by atoms with E-state index in [0.717, 1.165) is 11.3 Å². The summed E-state index contributed by atoms with van der Waals surface area (Å²) in [5.41, 5.74) is 3.96. The number of aromatic amines is 1. The second-order valence-electron chi connectivity index (χ2n) is 10.2. The van der Waals surface area contributed by atoms with E-state index in [1.165, 1.54) is 17.2 Å². The molecule has 238 valence electrons. The van der Waals surface area contributed by atoms with Crippen LogP contribution in [0.25, 0.3) is 28.1 Å². The van der Waals surface area contributed by atoms with Gasteiger partial charge in [-0.15, -0.1) is 5.10 Å². The van der Waals surface area contributed by atoms with Crippen LogP contribution in [0, 0.1) is 0 Å². The Morgan fingerprint density at radius 3 is 2.74 bits per heavy atom. The molecule has 2 N–H and O–H groups in total. The molecule has 5 heterocycles. The highest BCUT2D eigenvalue weighted by atomic mass is 35.5. The predicted octanol–water partition coefficient (Wildman–Crippen LogP) is 4.26. The number of amides is 1. The van der Waals surface area contributed by atoms with Gasteiger partial charge in [0.2, 0.25) is 5.88 Å². The number of nitrogens with zero attached hydrogens (tertiary/aromatic N) is 7. The van der Waals surface area contributed by atoms with Crippen LogP contribution in [0.4, 0.5) is 4.79 Å². The fourth-order valence-electron chi connectivity index (χ4n) is 5.25. The number of rotatable bonds is 12. The molecule has 6 rings (SSSR count). The zero-order valence-electron chi connectivity index (χ0n) is 24.7. The third-order valence-electron chi connectivity index (χ3n) is 7.31. The predicted molar refractivity (Wildman–Crippen MR) is 168 cm³/mol. The minimum absolute atomic E-state index is 0.115. The minimum Gasteiger partial charge on any atom is -0.391 e. The number of aromatic nitrogens is 8. The third kappa shape index (κ3) is 6.94. The molecule has 0 bridgehead atoms. The molecular weight excluding hydrogens is 637 g/mol. The maximum Gasteiger partial charge on any atom is 0.414 e. The van der Waals surface area contributed by atoms with Gasteiger partial charge in [-0.1, -0.05) is 23.2 Å². The van der Waals surface area contributed by atoms with E-state index in [9.17, 15) is 9.59 Å². The van der Waals surface area contributed by atoms with E-state index in [-0.39, 0.29) is 29.2 Å². The van der Waals surface area contributed by atoms with Crippen LogP contribution < -0.4 is 15.6 Å². The lowest BCUT2D eigenvalue weighted by atomic mass is 10.0. The monoisotopic (exact) mass is 665 g/mol. The van der Waals surface area contributed by atoms with Gasteiger partial charge < -0.3 is 29.1 Å². The number of hydrogen-bond acceptors (Lipinski definition) is 10. The minimum atomic E-state index is -0.647. The van der Waals surface area contributed by atoms with Crippen molar-refractivity contribution in [3.8, 4) is 34.0 Å². The highest BCUT2D eigenvalue weighted by Crippen LogP contribution is 2.36. The molecule has 16 heteroatoms. The molecule has 5 aromatic rings. The van der Waals surface area contributed by atoms with E-state index in [0.29, 0.717) is 72.6 Å². The van der Waals surface area contributed by atoms with Crippen molar-refractivity contribution in [1.82, 2.24) is 45.0 Å². The van der Waals surface area contributed by atoms with Crippen LogP contribution >= 0.6 is 23.2 Å². The van der Waals surface area contributed by atoms with Crippen molar-refractivity contribution in [3.63, 3.8) is 0 Å². The molecule has 0 radical (unpaired) electrons. The number of aryl methyl sites for hydroxylation is 1. The number of carbonyl (C=O) groups excluding carboxylic acids is 1. The first-order valence-corrected chi connectivity index (χ1v) is 15.3. The second-order valence-corrected chi connectivity index (χ2v) is 11.0. The lowest BCUT2D eigenvalue weighted by Crippen LogP contribution is -2.30. The molecule has 4 aromatic heterocycles. The van der Waals surface area contributed by atoms with E-state index in [1.807, 2.05) is 13.0 Å². The van der Waals surface area contributed by atoms with Gasteiger partial charge >= 0.3 is 6.09 Å². The van der Waals surface area contributed by atoms with Crippen LogP contribution in [0.5, 0.6) is 5.88 Å². The van der Waals surface area contributed by atoms with Crippen molar-refractivity contribution in [2.24, 2.45) is 0 Å². The van der Waals surface area contributed by atoms with E-state index in [1.54, 1.807) is 41.0 Å². The van der Waals surface area contributed by atoms with Crippen LogP contribution in [0.2, 0.25) is 10.2 Å². The maximum atomic E-state index is 13.5. The van der Waals surface area contributed by atoms with Crippen LogP contribution in [0.3, 0.4) is 0 Å². The Morgan fingerprint density at radius 1 is 1.09 bits per heavy atom. The summed E-state index contributed by atoms with van der Waals surface area (Å²) in [6, 6.07) is 11.8. The molecule has 1 aliphatic rings. The average Bonchev–Trinajstić information content (AvgIpc) is 3.82. The largest absolute Gasteiger partial charge is 0.414 e. The van der Waals surface area contributed by atoms with Crippen molar-refractivity contribution < 1.29 is 19.0 Å². The van der Waals surface area contributed by atoms with Gasteiger partial charge in [-0.2, -0.15) is 4.68 Å². The fourth-order valence-corrected chi connectivity index (χ4v) is 5.67. The molecule has 0 fully saturated rings. The van der Waals surface area contributed by atoms with E-state index >= 15 is 0 Å². The molecule has 14 nitrogen and oxygen atoms in total. The standard InChI is InChI=1S/C30H29Cl2N9O5/c1-2-44-11-12-45-10-9-33-30(43)46-25-8-3-18(16-34-25)27-28(32)37-29(36-27)24-7-5-21-13-19(14-26(42)41(21)24)22-15-20(31)4-6-23(22)40-17-35-38-39-40/h3-4,6,8,13-17,24H,2,5,7,9-12H2,1H3,(H,33,43)(H,36,37)/t24-/m0/s1. The van der Waals surface area contributed by atoms with Gasteiger partial charge in [-0.3, -0.25) is 4.79 Å². The molecular formula is C30H29Cl2N9O5. The summed E-state index contributed by atoms with van der Waals surface area (Å²) in [7, 11) is 0. The van der Waals surface area contributed by atoms with E-state index in [4.69, 9.17) is 37.4 Å². The Balaban J connectivity index is 1.14. The van der Waals surface area contributed by atoms with E-state index < -0.39 is 6.09 Å². The molecule has 1 aromatic carbocycles. The number of pyridine rings is 2. The van der Waals surface area contributed by atoms with Crippen molar-refractivity contribution in [2.45, 2.75) is 25.8 Å². The molecule has 0 spiro atoms. The number of fused-ring (bicyclic) bond motifs is 1. The van der Waals surface area contributed by atoms with Gasteiger partial charge in [-0.25, -0.2) is 14.8 Å². The lowest BCUT2D eigenvalue weighted by molar-refractivity contribution is 0.0541. The van der Waals surface area contributed by atoms with Crippen LogP contribution in [0.15, 0.2) is 59.8 Å². The Bertz CT molecular complexity index is 1880. The maximum absolute atomic E-state index is 13.5. The summed E-state index contributed by atoms with van der Waals surface area (Å²) in [5, 5.41) is 14.8. The number of carbonyl (C=O) groups is 1. The number of hydrogen-bond donors (Lipinski definition) is 2. The SMILES string of the molecule is CCOCCOCCNC(=O)Oc1ccc(-c2[nH]c([C@@H]3CCc4cc(-c5cc(Cl)ccc5-n5cnnn5)cc(=O)n43)nc2Cl)cn1. The van der Waals surface area contributed by atoms with Crippen molar-refractivity contribution in [1.29, 1.82) is 0 Å². The fraction of sp³-hybridized carbons (Fsp3) is 0.300. The molecule has 1 atom stereocenters. The normalized spacial score (nSPS) is 13.9. The number of tetrazole rings is 1. The first kappa shape index (κ1) is 31.4. The number of benzene rings is 1. The van der Waals surface area contributed by atoms with Crippen LogP contribution in [0.1, 0.15) is 30.9 Å². The number of H-pyrrole nitrogens is 1. The topological polar surface area (TPSA) is 164 Å². The quantitative estimate of drug-likeness (QED) is 0.184. The summed E-state index contributed by atoms with van der Waals surface area (Å²) in [5.74, 6) is 0.665. The van der Waals surface area contributed by atoms with Gasteiger partial charge in [0.05, 0.1) is 37.2 Å². The van der Waals surface area contributed by atoms with Gasteiger partial charge in [0, 0.05) is 53.3 Å². The molecule has 1 amide bonds. The second kappa shape index (κ2) is 14.2. The summed E-state index contributed by atoms with van der Waals surface area (Å²) in [6.07, 6.45) is 3.66. The molecule has 0 unspecified atom stereocenters.